The van der Waals surface area contributed by atoms with Crippen molar-refractivity contribution in [2.75, 3.05) is 0 Å². The van der Waals surface area contributed by atoms with E-state index in [1.165, 1.54) is 6.07 Å². The number of para-hydroxylation sites is 1. The zero-order valence-electron chi connectivity index (χ0n) is 7.07. The van der Waals surface area contributed by atoms with Gasteiger partial charge in [0, 0.05) is 9.86 Å². The molecule has 0 atom stereocenters. The zero-order chi connectivity index (χ0) is 10.1. The van der Waals surface area contributed by atoms with Gasteiger partial charge in [0.1, 0.15) is 5.69 Å². The number of pyridine rings is 1. The van der Waals surface area contributed by atoms with Crippen LogP contribution in [0.15, 0.2) is 34.8 Å². The summed E-state index contributed by atoms with van der Waals surface area (Å²) in [6.45, 7) is 0. The summed E-state index contributed by atoms with van der Waals surface area (Å²) in [5.41, 5.74) is 0.733. The average molecular weight is 252 g/mol. The molecule has 0 bridgehead atoms. The summed E-state index contributed by atoms with van der Waals surface area (Å²) in [4.78, 5) is 14.7. The zero-order valence-corrected chi connectivity index (χ0v) is 8.65. The summed E-state index contributed by atoms with van der Waals surface area (Å²) in [6.07, 6.45) is 0. The van der Waals surface area contributed by atoms with Crippen LogP contribution in [0, 0.1) is 0 Å². The van der Waals surface area contributed by atoms with Gasteiger partial charge in [-0.2, -0.15) is 0 Å². The maximum absolute atomic E-state index is 10.7. The monoisotopic (exact) mass is 251 g/mol. The highest BCUT2D eigenvalue weighted by atomic mass is 79.9. The van der Waals surface area contributed by atoms with Gasteiger partial charge in [-0.1, -0.05) is 18.2 Å². The van der Waals surface area contributed by atoms with E-state index in [-0.39, 0.29) is 5.69 Å². The predicted molar refractivity (Wildman–Crippen MR) is 56.4 cm³/mol. The van der Waals surface area contributed by atoms with Crippen molar-refractivity contribution in [3.8, 4) is 0 Å². The third-order valence-corrected chi connectivity index (χ3v) is 2.53. The molecule has 0 saturated carbocycles. The maximum Gasteiger partial charge on any atom is 0.354 e. The smallest absolute Gasteiger partial charge is 0.354 e. The van der Waals surface area contributed by atoms with E-state index in [1.807, 2.05) is 18.2 Å². The van der Waals surface area contributed by atoms with E-state index in [0.717, 1.165) is 9.86 Å². The predicted octanol–water partition coefficient (Wildman–Crippen LogP) is 2.70. The molecule has 0 aliphatic heterocycles. The van der Waals surface area contributed by atoms with Crippen LogP contribution in [0.1, 0.15) is 10.5 Å². The summed E-state index contributed by atoms with van der Waals surface area (Å²) in [6, 6.07) is 8.85. The standard InChI is InChI=1S/C10H6BrNO2/c11-7-3-1-2-6-4-5-8(10(13)14)12-9(6)7/h1-5H,(H,13,14). The highest BCUT2D eigenvalue weighted by Crippen LogP contribution is 2.21. The number of carbonyl (C=O) groups is 1. The van der Waals surface area contributed by atoms with Crippen LogP contribution in [0.4, 0.5) is 0 Å². The third-order valence-electron chi connectivity index (χ3n) is 1.89. The molecule has 0 unspecified atom stereocenters. The van der Waals surface area contributed by atoms with E-state index in [2.05, 4.69) is 20.9 Å². The summed E-state index contributed by atoms with van der Waals surface area (Å²) in [5.74, 6) is -1.01. The minimum atomic E-state index is -1.01. The molecule has 2 rings (SSSR count). The number of hydrogen-bond acceptors (Lipinski definition) is 2. The molecule has 4 heteroatoms. The Balaban J connectivity index is 2.76. The number of rotatable bonds is 1. The second kappa shape index (κ2) is 3.38. The van der Waals surface area contributed by atoms with Crippen molar-refractivity contribution in [3.63, 3.8) is 0 Å². The Morgan fingerprint density at radius 2 is 2.07 bits per heavy atom. The average Bonchev–Trinajstić information content (AvgIpc) is 2.18. The molecular weight excluding hydrogens is 246 g/mol. The second-order valence-electron chi connectivity index (χ2n) is 2.81. The van der Waals surface area contributed by atoms with Crippen LogP contribution in [-0.4, -0.2) is 16.1 Å². The molecule has 0 aliphatic carbocycles. The Labute approximate surface area is 88.5 Å². The fourth-order valence-corrected chi connectivity index (χ4v) is 1.70. The van der Waals surface area contributed by atoms with E-state index in [4.69, 9.17) is 5.11 Å². The highest BCUT2D eigenvalue weighted by molar-refractivity contribution is 9.10. The molecular formula is C10H6BrNO2. The van der Waals surface area contributed by atoms with Gasteiger partial charge in [-0.15, -0.1) is 0 Å². The topological polar surface area (TPSA) is 50.2 Å². The number of aromatic carboxylic acids is 1. The molecule has 2 aromatic rings. The van der Waals surface area contributed by atoms with Crippen LogP contribution >= 0.6 is 15.9 Å². The molecule has 14 heavy (non-hydrogen) atoms. The van der Waals surface area contributed by atoms with Gasteiger partial charge < -0.3 is 5.11 Å². The van der Waals surface area contributed by atoms with Crippen molar-refractivity contribution in [1.29, 1.82) is 0 Å². The minimum Gasteiger partial charge on any atom is -0.477 e. The van der Waals surface area contributed by atoms with Crippen molar-refractivity contribution in [1.82, 2.24) is 4.98 Å². The first-order chi connectivity index (χ1) is 6.68. The number of carboxylic acids is 1. The fourth-order valence-electron chi connectivity index (χ4n) is 1.23. The second-order valence-corrected chi connectivity index (χ2v) is 3.67. The van der Waals surface area contributed by atoms with Gasteiger partial charge in [0.2, 0.25) is 0 Å². The molecule has 0 amide bonds. The third kappa shape index (κ3) is 1.48. The Morgan fingerprint density at radius 3 is 2.79 bits per heavy atom. The molecule has 1 N–H and O–H groups in total. The van der Waals surface area contributed by atoms with Crippen LogP contribution in [0.25, 0.3) is 10.9 Å². The van der Waals surface area contributed by atoms with E-state index < -0.39 is 5.97 Å². The molecule has 0 spiro atoms. The lowest BCUT2D eigenvalue weighted by atomic mass is 10.2. The normalized spacial score (nSPS) is 10.4. The highest BCUT2D eigenvalue weighted by Gasteiger charge is 2.06. The van der Waals surface area contributed by atoms with Gasteiger partial charge in [0.05, 0.1) is 5.52 Å². The lowest BCUT2D eigenvalue weighted by Crippen LogP contribution is -1.99. The number of aromatic nitrogens is 1. The molecule has 1 heterocycles. The van der Waals surface area contributed by atoms with Crippen molar-refractivity contribution in [2.24, 2.45) is 0 Å². The van der Waals surface area contributed by atoms with Crippen LogP contribution < -0.4 is 0 Å². The van der Waals surface area contributed by atoms with Gasteiger partial charge in [-0.3, -0.25) is 0 Å². The summed E-state index contributed by atoms with van der Waals surface area (Å²) in [7, 11) is 0. The van der Waals surface area contributed by atoms with Crippen molar-refractivity contribution in [2.45, 2.75) is 0 Å². The molecule has 3 nitrogen and oxygen atoms in total. The minimum absolute atomic E-state index is 0.0596. The van der Waals surface area contributed by atoms with Crippen molar-refractivity contribution in [3.05, 3.63) is 40.5 Å². The van der Waals surface area contributed by atoms with Crippen LogP contribution in [-0.2, 0) is 0 Å². The fraction of sp³-hybridized carbons (Fsp3) is 0. The van der Waals surface area contributed by atoms with Gasteiger partial charge in [-0.25, -0.2) is 9.78 Å². The SMILES string of the molecule is O=C(O)c1ccc2cccc(Br)c2n1. The Morgan fingerprint density at radius 1 is 1.29 bits per heavy atom. The van der Waals surface area contributed by atoms with Crippen molar-refractivity contribution < 1.29 is 9.90 Å². The van der Waals surface area contributed by atoms with Gasteiger partial charge in [-0.05, 0) is 28.1 Å². The number of carboxylic acid groups (broad SMARTS) is 1. The number of nitrogens with zero attached hydrogens (tertiary/aromatic N) is 1. The molecule has 0 aliphatic rings. The van der Waals surface area contributed by atoms with Crippen LogP contribution in [0.2, 0.25) is 0 Å². The van der Waals surface area contributed by atoms with E-state index >= 15 is 0 Å². The largest absolute Gasteiger partial charge is 0.477 e. The van der Waals surface area contributed by atoms with Crippen LogP contribution in [0.3, 0.4) is 0 Å². The number of hydrogen-bond donors (Lipinski definition) is 1. The molecule has 0 fully saturated rings. The van der Waals surface area contributed by atoms with E-state index in [9.17, 15) is 4.79 Å². The Bertz CT molecular complexity index is 510. The maximum atomic E-state index is 10.7. The van der Waals surface area contributed by atoms with Gasteiger partial charge in [0.25, 0.3) is 0 Å². The lowest BCUT2D eigenvalue weighted by molar-refractivity contribution is 0.0691. The summed E-state index contributed by atoms with van der Waals surface area (Å²) < 4.78 is 0.804. The number of halogens is 1. The Kier molecular flexibility index (Phi) is 2.21. The molecule has 1 aromatic heterocycles. The molecule has 70 valence electrons. The molecule has 1 aromatic carbocycles. The molecule has 0 saturated heterocycles. The summed E-state index contributed by atoms with van der Waals surface area (Å²) >= 11 is 3.32. The van der Waals surface area contributed by atoms with Crippen LogP contribution in [0.5, 0.6) is 0 Å². The first kappa shape index (κ1) is 9.15. The van der Waals surface area contributed by atoms with Crippen molar-refractivity contribution >= 4 is 32.8 Å². The quantitative estimate of drug-likeness (QED) is 0.848. The Hall–Kier alpha value is -1.42. The van der Waals surface area contributed by atoms with E-state index in [0.29, 0.717) is 5.52 Å². The first-order valence-corrected chi connectivity index (χ1v) is 4.76. The van der Waals surface area contributed by atoms with Gasteiger partial charge >= 0.3 is 5.97 Å². The van der Waals surface area contributed by atoms with Gasteiger partial charge in [0.15, 0.2) is 0 Å². The lowest BCUT2D eigenvalue weighted by Gasteiger charge is -2.00. The number of benzene rings is 1. The number of fused-ring (bicyclic) bond motifs is 1. The summed E-state index contributed by atoms with van der Waals surface area (Å²) in [5, 5.41) is 9.68. The molecule has 0 radical (unpaired) electrons. The van der Waals surface area contributed by atoms with E-state index in [1.54, 1.807) is 6.07 Å². The first-order valence-electron chi connectivity index (χ1n) is 3.97.